The quantitative estimate of drug-likeness (QED) is 0.888. The summed E-state index contributed by atoms with van der Waals surface area (Å²) >= 11 is 0. The molecule has 1 aromatic carbocycles. The van der Waals surface area contributed by atoms with Crippen LogP contribution in [0.3, 0.4) is 0 Å². The number of nitrogens with zero attached hydrogens (tertiary/aromatic N) is 1. The monoisotopic (exact) mass is 260 g/mol. The third-order valence-corrected chi connectivity index (χ3v) is 3.70. The molecule has 1 saturated carbocycles. The minimum Gasteiger partial charge on any atom is -0.379 e. The molecule has 1 atom stereocenters. The molecule has 1 heterocycles. The number of amides is 1. The maximum absolute atomic E-state index is 12.5. The summed E-state index contributed by atoms with van der Waals surface area (Å²) < 4.78 is 5.39. The summed E-state index contributed by atoms with van der Waals surface area (Å²) in [5.74, 6) is 0.135. The van der Waals surface area contributed by atoms with E-state index in [2.05, 4.69) is 10.2 Å². The van der Waals surface area contributed by atoms with Gasteiger partial charge in [-0.2, -0.15) is 0 Å². The summed E-state index contributed by atoms with van der Waals surface area (Å²) in [5.41, 5.74) is 1.07. The molecule has 2 fully saturated rings. The van der Waals surface area contributed by atoms with Crippen LogP contribution in [0.2, 0.25) is 0 Å². The second-order valence-electron chi connectivity index (χ2n) is 5.24. The van der Waals surface area contributed by atoms with Crippen molar-refractivity contribution in [3.05, 3.63) is 35.9 Å². The SMILES string of the molecule is O=C(NC1CC1)C(c1ccccc1)N1CCOCC1. The molecule has 1 aromatic rings. The van der Waals surface area contributed by atoms with E-state index in [9.17, 15) is 4.79 Å². The number of hydrogen-bond acceptors (Lipinski definition) is 3. The van der Waals surface area contributed by atoms with Crippen LogP contribution in [0.4, 0.5) is 0 Å². The number of carbonyl (C=O) groups excluding carboxylic acids is 1. The molecule has 0 spiro atoms. The van der Waals surface area contributed by atoms with Crippen LogP contribution in [0.25, 0.3) is 0 Å². The maximum atomic E-state index is 12.5. The topological polar surface area (TPSA) is 41.6 Å². The first-order chi connectivity index (χ1) is 9.34. The number of morpholine rings is 1. The van der Waals surface area contributed by atoms with Crippen LogP contribution in [-0.2, 0) is 9.53 Å². The number of benzene rings is 1. The lowest BCUT2D eigenvalue weighted by Gasteiger charge is -2.33. The Balaban J connectivity index is 1.79. The normalized spacial score (nSPS) is 21.9. The Morgan fingerprint density at radius 1 is 1.21 bits per heavy atom. The second-order valence-corrected chi connectivity index (χ2v) is 5.24. The zero-order valence-corrected chi connectivity index (χ0v) is 11.0. The fourth-order valence-corrected chi connectivity index (χ4v) is 2.51. The highest BCUT2D eigenvalue weighted by Gasteiger charge is 2.32. The first kappa shape index (κ1) is 12.6. The predicted molar refractivity (Wildman–Crippen MR) is 72.7 cm³/mol. The van der Waals surface area contributed by atoms with Crippen molar-refractivity contribution in [2.45, 2.75) is 24.9 Å². The third kappa shape index (κ3) is 3.14. The van der Waals surface area contributed by atoms with E-state index in [0.717, 1.165) is 31.5 Å². The lowest BCUT2D eigenvalue weighted by Crippen LogP contribution is -2.46. The van der Waals surface area contributed by atoms with Crippen molar-refractivity contribution in [1.29, 1.82) is 0 Å². The van der Waals surface area contributed by atoms with Gasteiger partial charge < -0.3 is 10.1 Å². The molecule has 3 rings (SSSR count). The van der Waals surface area contributed by atoms with Gasteiger partial charge in [0.2, 0.25) is 5.91 Å². The average molecular weight is 260 g/mol. The molecule has 102 valence electrons. The minimum absolute atomic E-state index is 0.135. The molecule has 0 bridgehead atoms. The van der Waals surface area contributed by atoms with Gasteiger partial charge in [0.1, 0.15) is 6.04 Å². The molecule has 1 unspecified atom stereocenters. The number of hydrogen-bond donors (Lipinski definition) is 1. The highest BCUT2D eigenvalue weighted by molar-refractivity contribution is 5.83. The molecule has 1 saturated heterocycles. The Morgan fingerprint density at radius 2 is 1.89 bits per heavy atom. The van der Waals surface area contributed by atoms with Crippen molar-refractivity contribution in [2.75, 3.05) is 26.3 Å². The van der Waals surface area contributed by atoms with E-state index in [-0.39, 0.29) is 11.9 Å². The first-order valence-corrected chi connectivity index (χ1v) is 7.02. The fourth-order valence-electron chi connectivity index (χ4n) is 2.51. The Kier molecular flexibility index (Phi) is 3.80. The van der Waals surface area contributed by atoms with E-state index < -0.39 is 0 Å². The number of rotatable bonds is 4. The van der Waals surface area contributed by atoms with Crippen LogP contribution in [0.5, 0.6) is 0 Å². The van der Waals surface area contributed by atoms with Crippen molar-refractivity contribution in [3.8, 4) is 0 Å². The number of ether oxygens (including phenoxy) is 1. The summed E-state index contributed by atoms with van der Waals surface area (Å²) in [6, 6.07) is 10.3. The molecule has 0 aromatic heterocycles. The van der Waals surface area contributed by atoms with E-state index in [1.807, 2.05) is 30.3 Å². The summed E-state index contributed by atoms with van der Waals surface area (Å²) in [6.45, 7) is 3.05. The lowest BCUT2D eigenvalue weighted by atomic mass is 10.0. The average Bonchev–Trinajstić information content (AvgIpc) is 3.25. The van der Waals surface area contributed by atoms with Crippen LogP contribution >= 0.6 is 0 Å². The van der Waals surface area contributed by atoms with Gasteiger partial charge in [0, 0.05) is 19.1 Å². The smallest absolute Gasteiger partial charge is 0.242 e. The van der Waals surface area contributed by atoms with Crippen molar-refractivity contribution >= 4 is 5.91 Å². The molecule has 1 amide bonds. The Bertz CT molecular complexity index is 425. The maximum Gasteiger partial charge on any atom is 0.242 e. The van der Waals surface area contributed by atoms with Gasteiger partial charge >= 0.3 is 0 Å². The van der Waals surface area contributed by atoms with E-state index in [4.69, 9.17) is 4.74 Å². The van der Waals surface area contributed by atoms with Crippen molar-refractivity contribution in [1.82, 2.24) is 10.2 Å². The zero-order valence-electron chi connectivity index (χ0n) is 11.0. The van der Waals surface area contributed by atoms with E-state index in [1.165, 1.54) is 0 Å². The standard InChI is InChI=1S/C15H20N2O2/c18-15(16-13-6-7-13)14(12-4-2-1-3-5-12)17-8-10-19-11-9-17/h1-5,13-14H,6-11H2,(H,16,18). The van der Waals surface area contributed by atoms with Crippen LogP contribution in [0, 0.1) is 0 Å². The molecule has 0 radical (unpaired) electrons. The number of nitrogens with one attached hydrogen (secondary N) is 1. The summed E-state index contributed by atoms with van der Waals surface area (Å²) in [7, 11) is 0. The predicted octanol–water partition coefficient (Wildman–Crippen LogP) is 1.34. The Hall–Kier alpha value is -1.39. The first-order valence-electron chi connectivity index (χ1n) is 7.02. The Morgan fingerprint density at radius 3 is 2.53 bits per heavy atom. The van der Waals surface area contributed by atoms with E-state index in [1.54, 1.807) is 0 Å². The summed E-state index contributed by atoms with van der Waals surface area (Å²) in [5, 5.41) is 3.13. The van der Waals surface area contributed by atoms with Crippen molar-refractivity contribution in [3.63, 3.8) is 0 Å². The molecule has 1 N–H and O–H groups in total. The molecule has 4 nitrogen and oxygen atoms in total. The highest BCUT2D eigenvalue weighted by atomic mass is 16.5. The molecular weight excluding hydrogens is 240 g/mol. The molecule has 4 heteroatoms. The summed E-state index contributed by atoms with van der Waals surface area (Å²) in [4.78, 5) is 14.7. The van der Waals surface area contributed by atoms with Gasteiger partial charge in [-0.15, -0.1) is 0 Å². The van der Waals surface area contributed by atoms with E-state index in [0.29, 0.717) is 19.3 Å². The molecule has 1 aliphatic heterocycles. The fraction of sp³-hybridized carbons (Fsp3) is 0.533. The lowest BCUT2D eigenvalue weighted by molar-refractivity contribution is -0.128. The highest BCUT2D eigenvalue weighted by Crippen LogP contribution is 2.25. The largest absolute Gasteiger partial charge is 0.379 e. The van der Waals surface area contributed by atoms with Gasteiger partial charge in [0.15, 0.2) is 0 Å². The van der Waals surface area contributed by atoms with Crippen LogP contribution in [0.1, 0.15) is 24.4 Å². The van der Waals surface area contributed by atoms with Gasteiger partial charge in [-0.1, -0.05) is 30.3 Å². The zero-order chi connectivity index (χ0) is 13.1. The van der Waals surface area contributed by atoms with Gasteiger partial charge in [-0.3, -0.25) is 9.69 Å². The van der Waals surface area contributed by atoms with E-state index >= 15 is 0 Å². The van der Waals surface area contributed by atoms with Gasteiger partial charge in [-0.05, 0) is 18.4 Å². The van der Waals surface area contributed by atoms with Crippen LogP contribution in [-0.4, -0.2) is 43.2 Å². The molecule has 2 aliphatic rings. The van der Waals surface area contributed by atoms with Gasteiger partial charge in [0.25, 0.3) is 0 Å². The minimum atomic E-state index is -0.175. The molecule has 1 aliphatic carbocycles. The van der Waals surface area contributed by atoms with Crippen molar-refractivity contribution in [2.24, 2.45) is 0 Å². The Labute approximate surface area is 113 Å². The third-order valence-electron chi connectivity index (χ3n) is 3.70. The van der Waals surface area contributed by atoms with Crippen molar-refractivity contribution < 1.29 is 9.53 Å². The van der Waals surface area contributed by atoms with Gasteiger partial charge in [0.05, 0.1) is 13.2 Å². The summed E-state index contributed by atoms with van der Waals surface area (Å²) in [6.07, 6.45) is 2.24. The number of carbonyl (C=O) groups is 1. The second kappa shape index (κ2) is 5.72. The van der Waals surface area contributed by atoms with Crippen LogP contribution in [0.15, 0.2) is 30.3 Å². The molecular formula is C15H20N2O2. The molecule has 19 heavy (non-hydrogen) atoms. The van der Waals surface area contributed by atoms with Gasteiger partial charge in [-0.25, -0.2) is 0 Å². The van der Waals surface area contributed by atoms with Crippen LogP contribution < -0.4 is 5.32 Å².